The van der Waals surface area contributed by atoms with E-state index in [9.17, 15) is 4.79 Å². The molecule has 0 amide bonds. The Morgan fingerprint density at radius 2 is 1.72 bits per heavy atom. The number of methoxy groups -OCH3 is 1. The van der Waals surface area contributed by atoms with Gasteiger partial charge in [-0.25, -0.2) is 0 Å². The van der Waals surface area contributed by atoms with E-state index in [1.165, 1.54) is 36.6 Å². The van der Waals surface area contributed by atoms with Gasteiger partial charge in [0, 0.05) is 22.8 Å². The Bertz CT molecular complexity index is 1050. The van der Waals surface area contributed by atoms with E-state index in [1.807, 2.05) is 6.07 Å². The van der Waals surface area contributed by atoms with Crippen LogP contribution in [0.25, 0.3) is 21.9 Å². The molecule has 2 heteroatoms. The molecule has 2 fully saturated rings. The van der Waals surface area contributed by atoms with Gasteiger partial charge < -0.3 is 4.74 Å². The topological polar surface area (TPSA) is 26.3 Å². The monoisotopic (exact) mass is 384 g/mol. The smallest absolute Gasteiger partial charge is 0.143 e. The maximum absolute atomic E-state index is 13.3. The van der Waals surface area contributed by atoms with E-state index >= 15 is 0 Å². The normalized spacial score (nSPS) is 24.3. The van der Waals surface area contributed by atoms with Crippen LogP contribution in [0.3, 0.4) is 0 Å². The maximum atomic E-state index is 13.3. The van der Waals surface area contributed by atoms with Gasteiger partial charge in [-0.15, -0.1) is 0 Å². The number of carbonyl (C=O) groups excluding carboxylic acids is 1. The number of hydrogen-bond acceptors (Lipinski definition) is 2. The second kappa shape index (κ2) is 7.67. The Morgan fingerprint density at radius 1 is 0.862 bits per heavy atom. The Labute approximate surface area is 172 Å². The van der Waals surface area contributed by atoms with Crippen molar-refractivity contribution in [2.75, 3.05) is 7.11 Å². The van der Waals surface area contributed by atoms with Crippen molar-refractivity contribution in [1.82, 2.24) is 0 Å². The van der Waals surface area contributed by atoms with Crippen molar-refractivity contribution in [3.63, 3.8) is 0 Å². The van der Waals surface area contributed by atoms with Crippen LogP contribution >= 0.6 is 0 Å². The van der Waals surface area contributed by atoms with Crippen LogP contribution in [-0.2, 0) is 4.79 Å². The highest BCUT2D eigenvalue weighted by Crippen LogP contribution is 2.45. The van der Waals surface area contributed by atoms with Crippen molar-refractivity contribution in [1.29, 1.82) is 0 Å². The van der Waals surface area contributed by atoms with Gasteiger partial charge in [-0.1, -0.05) is 73.5 Å². The molecule has 0 aromatic heterocycles. The maximum Gasteiger partial charge on any atom is 0.143 e. The molecule has 2 saturated carbocycles. The number of hydrogen-bond donors (Lipinski definition) is 0. The number of benzene rings is 3. The molecule has 0 N–H and O–H groups in total. The van der Waals surface area contributed by atoms with E-state index in [0.717, 1.165) is 35.1 Å². The lowest BCUT2D eigenvalue weighted by atomic mass is 9.65. The molecule has 0 radical (unpaired) electrons. The predicted molar refractivity (Wildman–Crippen MR) is 118 cm³/mol. The number of rotatable bonds is 3. The average Bonchev–Trinajstić information content (AvgIpc) is 2.79. The van der Waals surface area contributed by atoms with Crippen LogP contribution in [0.4, 0.5) is 0 Å². The van der Waals surface area contributed by atoms with Crippen LogP contribution < -0.4 is 4.74 Å². The number of carbonyl (C=O) groups is 1. The molecule has 0 aliphatic heterocycles. The van der Waals surface area contributed by atoms with E-state index in [4.69, 9.17) is 4.74 Å². The van der Waals surface area contributed by atoms with Crippen molar-refractivity contribution in [2.45, 2.75) is 44.4 Å². The molecule has 29 heavy (non-hydrogen) atoms. The molecular formula is C27H28O2. The molecule has 3 aromatic rings. The van der Waals surface area contributed by atoms with Gasteiger partial charge in [-0.3, -0.25) is 4.79 Å². The van der Waals surface area contributed by atoms with Gasteiger partial charge in [-0.05, 0) is 48.1 Å². The van der Waals surface area contributed by atoms with Crippen LogP contribution in [0.5, 0.6) is 5.75 Å². The molecule has 2 aliphatic carbocycles. The lowest BCUT2D eigenvalue weighted by Crippen LogP contribution is -2.35. The first-order chi connectivity index (χ1) is 14.3. The molecule has 3 aromatic carbocycles. The van der Waals surface area contributed by atoms with E-state index in [-0.39, 0.29) is 5.92 Å². The quantitative estimate of drug-likeness (QED) is 0.498. The lowest BCUT2D eigenvalue weighted by molar-refractivity contribution is -0.129. The standard InChI is InChI=1S/C27H28O2/c1-29-27-24-12-5-3-8-19(24)14-16-25(27)21-10-6-9-20(17-21)23-15-13-18-7-2-4-11-22(18)26(23)28/h3,5-6,8-10,12,14,16-18,22-23H,2,4,7,11,13,15H2,1H3. The minimum absolute atomic E-state index is 0.0563. The Balaban J connectivity index is 1.52. The molecule has 3 atom stereocenters. The number of ketones is 1. The number of ether oxygens (including phenoxy) is 1. The van der Waals surface area contributed by atoms with Gasteiger partial charge in [0.25, 0.3) is 0 Å². The number of fused-ring (bicyclic) bond motifs is 2. The summed E-state index contributed by atoms with van der Waals surface area (Å²) in [6, 6.07) is 21.2. The average molecular weight is 385 g/mol. The van der Waals surface area contributed by atoms with Gasteiger partial charge in [0.2, 0.25) is 0 Å². The fraction of sp³-hybridized carbons (Fsp3) is 0.370. The zero-order chi connectivity index (χ0) is 19.8. The van der Waals surface area contributed by atoms with Crippen molar-refractivity contribution >= 4 is 16.6 Å². The molecule has 0 saturated heterocycles. The molecule has 0 heterocycles. The molecular weight excluding hydrogens is 356 g/mol. The van der Waals surface area contributed by atoms with Crippen LogP contribution in [-0.4, -0.2) is 12.9 Å². The summed E-state index contributed by atoms with van der Waals surface area (Å²) in [4.78, 5) is 13.3. The van der Waals surface area contributed by atoms with E-state index < -0.39 is 0 Å². The zero-order valence-corrected chi connectivity index (χ0v) is 17.1. The van der Waals surface area contributed by atoms with Crippen LogP contribution in [0.2, 0.25) is 0 Å². The summed E-state index contributed by atoms with van der Waals surface area (Å²) in [5.41, 5.74) is 3.39. The molecule has 0 spiro atoms. The third-order valence-electron chi connectivity index (χ3n) is 7.13. The summed E-state index contributed by atoms with van der Waals surface area (Å²) in [7, 11) is 1.74. The Hall–Kier alpha value is -2.61. The Morgan fingerprint density at radius 3 is 2.62 bits per heavy atom. The second-order valence-electron chi connectivity index (χ2n) is 8.68. The van der Waals surface area contributed by atoms with Crippen LogP contribution in [0.15, 0.2) is 60.7 Å². The Kier molecular flexibility index (Phi) is 4.87. The summed E-state index contributed by atoms with van der Waals surface area (Å²) in [6.45, 7) is 0. The minimum Gasteiger partial charge on any atom is -0.495 e. The van der Waals surface area contributed by atoms with Crippen molar-refractivity contribution in [3.8, 4) is 16.9 Å². The summed E-state index contributed by atoms with van der Waals surface area (Å²) < 4.78 is 5.82. The first-order valence-corrected chi connectivity index (χ1v) is 11.0. The molecule has 148 valence electrons. The van der Waals surface area contributed by atoms with Gasteiger partial charge in [0.1, 0.15) is 11.5 Å². The largest absolute Gasteiger partial charge is 0.495 e. The van der Waals surface area contributed by atoms with Crippen molar-refractivity contribution in [3.05, 3.63) is 66.2 Å². The molecule has 2 nitrogen and oxygen atoms in total. The summed E-state index contributed by atoms with van der Waals surface area (Å²) in [6.07, 6.45) is 7.06. The predicted octanol–water partition coefficient (Wildman–Crippen LogP) is 6.77. The van der Waals surface area contributed by atoms with Crippen molar-refractivity contribution in [2.24, 2.45) is 11.8 Å². The summed E-state index contributed by atoms with van der Waals surface area (Å²) in [5.74, 6) is 2.38. The van der Waals surface area contributed by atoms with Gasteiger partial charge in [-0.2, -0.15) is 0 Å². The number of Topliss-reactive ketones (excluding diaryl/α,β-unsaturated/α-hetero) is 1. The zero-order valence-electron chi connectivity index (χ0n) is 17.1. The SMILES string of the molecule is COc1c(-c2cccc(C3CCC4CCCCC4C3=O)c2)ccc2ccccc12. The second-order valence-corrected chi connectivity index (χ2v) is 8.68. The fourth-order valence-corrected chi connectivity index (χ4v) is 5.65. The van der Waals surface area contributed by atoms with Gasteiger partial charge in [0.05, 0.1) is 7.11 Å². The third-order valence-corrected chi connectivity index (χ3v) is 7.13. The lowest BCUT2D eigenvalue weighted by Gasteiger charge is -2.38. The molecule has 2 aliphatic rings. The highest BCUT2D eigenvalue weighted by molar-refractivity contribution is 5.95. The van der Waals surface area contributed by atoms with E-state index in [0.29, 0.717) is 17.6 Å². The minimum atomic E-state index is 0.0563. The fourth-order valence-electron chi connectivity index (χ4n) is 5.65. The molecule has 0 bridgehead atoms. The first kappa shape index (κ1) is 18.4. The highest BCUT2D eigenvalue weighted by atomic mass is 16.5. The highest BCUT2D eigenvalue weighted by Gasteiger charge is 2.39. The summed E-state index contributed by atoms with van der Waals surface area (Å²) in [5, 5.41) is 2.30. The van der Waals surface area contributed by atoms with Crippen LogP contribution in [0, 0.1) is 11.8 Å². The van der Waals surface area contributed by atoms with Gasteiger partial charge in [0.15, 0.2) is 0 Å². The molecule has 3 unspecified atom stereocenters. The van der Waals surface area contributed by atoms with E-state index in [1.54, 1.807) is 7.11 Å². The third kappa shape index (κ3) is 3.25. The van der Waals surface area contributed by atoms with Crippen molar-refractivity contribution < 1.29 is 9.53 Å². The summed E-state index contributed by atoms with van der Waals surface area (Å²) >= 11 is 0. The first-order valence-electron chi connectivity index (χ1n) is 11.0. The molecule has 5 rings (SSSR count). The van der Waals surface area contributed by atoms with Crippen LogP contribution in [0.1, 0.15) is 50.0 Å². The van der Waals surface area contributed by atoms with E-state index in [2.05, 4.69) is 54.6 Å². The van der Waals surface area contributed by atoms with Gasteiger partial charge >= 0.3 is 0 Å².